The van der Waals surface area contributed by atoms with Gasteiger partial charge in [0.15, 0.2) is 6.10 Å². The van der Waals surface area contributed by atoms with Gasteiger partial charge in [-0.15, -0.1) is 0 Å². The Hall–Kier alpha value is -2.37. The number of carbonyl (C=O) groups excluding carboxylic acids is 3. The summed E-state index contributed by atoms with van der Waals surface area (Å²) < 4.78 is 16.8. The molecule has 0 aliphatic heterocycles. The lowest BCUT2D eigenvalue weighted by Gasteiger charge is -2.18. The summed E-state index contributed by atoms with van der Waals surface area (Å²) in [6.45, 7) is 6.62. The Morgan fingerprint density at radius 2 is 0.537 bits per heavy atom. The van der Waals surface area contributed by atoms with Gasteiger partial charge in [-0.05, 0) is 77.0 Å². The van der Waals surface area contributed by atoms with E-state index in [0.717, 1.165) is 70.6 Å². The van der Waals surface area contributed by atoms with Crippen molar-refractivity contribution < 1.29 is 28.6 Å². The zero-order valence-corrected chi connectivity index (χ0v) is 44.9. The van der Waals surface area contributed by atoms with Gasteiger partial charge in [0.2, 0.25) is 0 Å². The standard InChI is InChI=1S/C61H112O6/c1-4-7-10-13-16-19-21-23-25-27-29-30-31-32-33-35-36-38-40-42-45-48-51-54-60(63)66-57-58(56-65-59(62)53-50-47-44-18-15-12-9-6-3)67-61(64)55-52-49-46-43-41-39-37-34-28-26-24-22-20-17-14-11-8-5-2/h20,22,26-29,58H,4-19,21,23-25,30-57H2,1-3H3/b22-20-,28-26-,29-27-. The number of rotatable bonds is 54. The molecule has 0 aliphatic carbocycles. The lowest BCUT2D eigenvalue weighted by molar-refractivity contribution is -0.167. The Kier molecular flexibility index (Phi) is 54.2. The van der Waals surface area contributed by atoms with Gasteiger partial charge in [0.05, 0.1) is 0 Å². The van der Waals surface area contributed by atoms with E-state index in [1.54, 1.807) is 0 Å². The molecule has 0 fully saturated rings. The molecule has 0 N–H and O–H groups in total. The fourth-order valence-electron chi connectivity index (χ4n) is 8.65. The van der Waals surface area contributed by atoms with E-state index in [4.69, 9.17) is 14.2 Å². The number of allylic oxidation sites excluding steroid dienone is 6. The Labute approximate surface area is 416 Å². The highest BCUT2D eigenvalue weighted by atomic mass is 16.6. The maximum atomic E-state index is 12.8. The van der Waals surface area contributed by atoms with Gasteiger partial charge in [0, 0.05) is 19.3 Å². The van der Waals surface area contributed by atoms with Crippen molar-refractivity contribution in [3.8, 4) is 0 Å². The van der Waals surface area contributed by atoms with Crippen LogP contribution in [0.1, 0.15) is 316 Å². The van der Waals surface area contributed by atoms with E-state index in [9.17, 15) is 14.4 Å². The van der Waals surface area contributed by atoms with Gasteiger partial charge in [0.1, 0.15) is 13.2 Å². The summed E-state index contributed by atoms with van der Waals surface area (Å²) in [7, 11) is 0. The first-order valence-corrected chi connectivity index (χ1v) is 29.5. The second-order valence-electron chi connectivity index (χ2n) is 19.9. The molecule has 1 unspecified atom stereocenters. The van der Waals surface area contributed by atoms with Crippen LogP contribution in [0.4, 0.5) is 0 Å². The molecule has 0 aromatic carbocycles. The first-order chi connectivity index (χ1) is 33.0. The van der Waals surface area contributed by atoms with E-state index in [1.807, 2.05) is 0 Å². The van der Waals surface area contributed by atoms with Gasteiger partial charge >= 0.3 is 17.9 Å². The predicted molar refractivity (Wildman–Crippen MR) is 289 cm³/mol. The molecule has 392 valence electrons. The van der Waals surface area contributed by atoms with Crippen LogP contribution < -0.4 is 0 Å². The van der Waals surface area contributed by atoms with E-state index in [2.05, 4.69) is 57.2 Å². The third kappa shape index (κ3) is 54.4. The molecule has 0 spiro atoms. The summed E-state index contributed by atoms with van der Waals surface area (Å²) in [6, 6.07) is 0. The Morgan fingerprint density at radius 3 is 0.851 bits per heavy atom. The summed E-state index contributed by atoms with van der Waals surface area (Å²) in [6.07, 6.45) is 67.2. The van der Waals surface area contributed by atoms with Crippen LogP contribution >= 0.6 is 0 Å². The van der Waals surface area contributed by atoms with Gasteiger partial charge in [-0.25, -0.2) is 0 Å². The minimum atomic E-state index is -0.772. The van der Waals surface area contributed by atoms with Crippen molar-refractivity contribution in [2.24, 2.45) is 0 Å². The van der Waals surface area contributed by atoms with E-state index in [-0.39, 0.29) is 31.1 Å². The monoisotopic (exact) mass is 941 g/mol. The molecule has 6 heteroatoms. The summed E-state index contributed by atoms with van der Waals surface area (Å²) in [5.41, 5.74) is 0. The van der Waals surface area contributed by atoms with Crippen LogP contribution in [0.15, 0.2) is 36.5 Å². The SMILES string of the molecule is CCCCCC/C=C\C/C=C\CCCCCCCCCC(=O)OC(COC(=O)CCCCCCCCCC)COC(=O)CCCCCCCCCCCCC/C=C\CCCCCCCCCC. The lowest BCUT2D eigenvalue weighted by atomic mass is 10.0. The lowest BCUT2D eigenvalue weighted by Crippen LogP contribution is -2.30. The van der Waals surface area contributed by atoms with Crippen molar-refractivity contribution in [3.05, 3.63) is 36.5 Å². The van der Waals surface area contributed by atoms with Gasteiger partial charge in [-0.2, -0.15) is 0 Å². The number of carbonyl (C=O) groups is 3. The van der Waals surface area contributed by atoms with E-state index < -0.39 is 6.10 Å². The maximum Gasteiger partial charge on any atom is 0.306 e. The van der Waals surface area contributed by atoms with Crippen molar-refractivity contribution in [3.63, 3.8) is 0 Å². The highest BCUT2D eigenvalue weighted by molar-refractivity contribution is 5.71. The largest absolute Gasteiger partial charge is 0.462 e. The Bertz CT molecular complexity index is 1130. The molecule has 0 amide bonds. The molecule has 0 rings (SSSR count). The quantitative estimate of drug-likeness (QED) is 0.0262. The molecule has 0 saturated heterocycles. The van der Waals surface area contributed by atoms with Gasteiger partial charge < -0.3 is 14.2 Å². The smallest absolute Gasteiger partial charge is 0.306 e. The van der Waals surface area contributed by atoms with Crippen LogP contribution in [0.25, 0.3) is 0 Å². The summed E-state index contributed by atoms with van der Waals surface area (Å²) >= 11 is 0. The molecular formula is C61H112O6. The van der Waals surface area contributed by atoms with E-state index >= 15 is 0 Å². The highest BCUT2D eigenvalue weighted by Gasteiger charge is 2.19. The number of esters is 3. The zero-order valence-electron chi connectivity index (χ0n) is 44.9. The molecule has 0 saturated carbocycles. The molecule has 0 aromatic heterocycles. The van der Waals surface area contributed by atoms with Crippen LogP contribution in [-0.4, -0.2) is 37.2 Å². The van der Waals surface area contributed by atoms with Crippen LogP contribution in [-0.2, 0) is 28.6 Å². The third-order valence-corrected chi connectivity index (χ3v) is 13.1. The van der Waals surface area contributed by atoms with E-state index in [0.29, 0.717) is 19.3 Å². The van der Waals surface area contributed by atoms with Gasteiger partial charge in [0.25, 0.3) is 0 Å². The zero-order chi connectivity index (χ0) is 48.6. The fraction of sp³-hybridized carbons (Fsp3) is 0.852. The summed E-state index contributed by atoms with van der Waals surface area (Å²) in [4.78, 5) is 38.0. The first kappa shape index (κ1) is 64.6. The van der Waals surface area contributed by atoms with Crippen molar-refractivity contribution in [2.75, 3.05) is 13.2 Å². The first-order valence-electron chi connectivity index (χ1n) is 29.5. The van der Waals surface area contributed by atoms with Crippen LogP contribution in [0.5, 0.6) is 0 Å². The summed E-state index contributed by atoms with van der Waals surface area (Å²) in [5.74, 6) is -0.870. The van der Waals surface area contributed by atoms with Crippen molar-refractivity contribution >= 4 is 17.9 Å². The molecule has 67 heavy (non-hydrogen) atoms. The van der Waals surface area contributed by atoms with Gasteiger partial charge in [-0.1, -0.05) is 256 Å². The molecule has 0 aromatic rings. The number of unbranched alkanes of at least 4 members (excludes halogenated alkanes) is 37. The average Bonchev–Trinajstić information content (AvgIpc) is 3.33. The van der Waals surface area contributed by atoms with Gasteiger partial charge in [-0.3, -0.25) is 14.4 Å². The number of ether oxygens (including phenoxy) is 3. The molecule has 6 nitrogen and oxygen atoms in total. The molecule has 0 heterocycles. The normalized spacial score (nSPS) is 12.2. The second kappa shape index (κ2) is 56.2. The van der Waals surface area contributed by atoms with Crippen LogP contribution in [0, 0.1) is 0 Å². The molecule has 1 atom stereocenters. The molecule has 0 bridgehead atoms. The van der Waals surface area contributed by atoms with Crippen LogP contribution in [0.2, 0.25) is 0 Å². The molecular weight excluding hydrogens is 829 g/mol. The molecule has 0 aliphatic rings. The maximum absolute atomic E-state index is 12.8. The van der Waals surface area contributed by atoms with Crippen LogP contribution in [0.3, 0.4) is 0 Å². The predicted octanol–water partition coefficient (Wildman–Crippen LogP) is 19.7. The van der Waals surface area contributed by atoms with Crippen molar-refractivity contribution in [2.45, 2.75) is 322 Å². The van der Waals surface area contributed by atoms with Crippen molar-refractivity contribution in [1.82, 2.24) is 0 Å². The topological polar surface area (TPSA) is 78.9 Å². The Balaban J connectivity index is 4.19. The minimum Gasteiger partial charge on any atom is -0.462 e. The number of hydrogen-bond acceptors (Lipinski definition) is 6. The second-order valence-corrected chi connectivity index (χ2v) is 19.9. The van der Waals surface area contributed by atoms with E-state index in [1.165, 1.54) is 205 Å². The third-order valence-electron chi connectivity index (χ3n) is 13.1. The minimum absolute atomic E-state index is 0.0727. The molecule has 0 radical (unpaired) electrons. The fourth-order valence-corrected chi connectivity index (χ4v) is 8.65. The highest BCUT2D eigenvalue weighted by Crippen LogP contribution is 2.16. The van der Waals surface area contributed by atoms with Crippen molar-refractivity contribution in [1.29, 1.82) is 0 Å². The summed E-state index contributed by atoms with van der Waals surface area (Å²) in [5, 5.41) is 0. The number of hydrogen-bond donors (Lipinski definition) is 0. The Morgan fingerprint density at radius 1 is 0.299 bits per heavy atom. The average molecular weight is 942 g/mol.